The van der Waals surface area contributed by atoms with Crippen molar-refractivity contribution in [1.29, 1.82) is 0 Å². The Morgan fingerprint density at radius 3 is 2.47 bits per heavy atom. The van der Waals surface area contributed by atoms with Gasteiger partial charge in [-0.15, -0.1) is 11.3 Å². The highest BCUT2D eigenvalue weighted by molar-refractivity contribution is 7.17. The van der Waals surface area contributed by atoms with Gasteiger partial charge < -0.3 is 10.4 Å². The molecule has 0 atom stereocenters. The molecule has 0 aliphatic carbocycles. The third kappa shape index (κ3) is 3.42. The van der Waals surface area contributed by atoms with Crippen LogP contribution in [-0.2, 0) is 18.4 Å². The Balaban J connectivity index is 1.69. The second kappa shape index (κ2) is 7.93. The van der Waals surface area contributed by atoms with E-state index in [1.807, 2.05) is 6.07 Å². The molecule has 4 aromatic rings. The smallest absolute Gasteiger partial charge is 0.337 e. The van der Waals surface area contributed by atoms with E-state index < -0.39 is 29.5 Å². The summed E-state index contributed by atoms with van der Waals surface area (Å²) in [6.45, 7) is 2.85. The zero-order valence-corrected chi connectivity index (χ0v) is 18.3. The molecular formula is C21H19N5O5S. The number of carboxylic acids is 1. The summed E-state index contributed by atoms with van der Waals surface area (Å²) in [6, 6.07) is 8.99. The van der Waals surface area contributed by atoms with Gasteiger partial charge in [-0.2, -0.15) is 0 Å². The molecule has 32 heavy (non-hydrogen) atoms. The van der Waals surface area contributed by atoms with Crippen molar-refractivity contribution in [3.05, 3.63) is 73.5 Å². The molecule has 0 saturated heterocycles. The molecule has 0 radical (unpaired) electrons. The summed E-state index contributed by atoms with van der Waals surface area (Å²) in [7, 11) is 1.70. The van der Waals surface area contributed by atoms with Gasteiger partial charge in [-0.05, 0) is 26.0 Å². The van der Waals surface area contributed by atoms with Gasteiger partial charge in [0.2, 0.25) is 5.91 Å². The first-order chi connectivity index (χ1) is 15.2. The lowest BCUT2D eigenvalue weighted by atomic mass is 10.2. The van der Waals surface area contributed by atoms with Crippen molar-refractivity contribution >= 4 is 39.1 Å². The Morgan fingerprint density at radius 2 is 1.81 bits per heavy atom. The van der Waals surface area contributed by atoms with E-state index in [0.29, 0.717) is 16.2 Å². The van der Waals surface area contributed by atoms with Gasteiger partial charge in [-0.3, -0.25) is 23.6 Å². The van der Waals surface area contributed by atoms with Gasteiger partial charge >= 0.3 is 5.97 Å². The number of aromatic nitrogens is 4. The first-order valence-electron chi connectivity index (χ1n) is 9.56. The zero-order chi connectivity index (χ0) is 23.2. The molecule has 164 valence electrons. The number of fused-ring (bicyclic) bond motifs is 1. The molecule has 0 spiro atoms. The Morgan fingerprint density at radius 1 is 1.12 bits per heavy atom. The highest BCUT2D eigenvalue weighted by atomic mass is 32.1. The molecule has 0 unspecified atom stereocenters. The summed E-state index contributed by atoms with van der Waals surface area (Å²) < 4.78 is 4.16. The van der Waals surface area contributed by atoms with E-state index in [-0.39, 0.29) is 22.5 Å². The number of hydrogen-bond acceptors (Lipinski definition) is 6. The molecule has 1 amide bonds. The number of nitrogens with one attached hydrogen (secondary N) is 1. The molecule has 0 bridgehead atoms. The van der Waals surface area contributed by atoms with Crippen molar-refractivity contribution in [2.75, 3.05) is 5.32 Å². The maximum Gasteiger partial charge on any atom is 0.337 e. The topological polar surface area (TPSA) is 128 Å². The Hall–Kier alpha value is -3.99. The number of amides is 1. The highest BCUT2D eigenvalue weighted by Crippen LogP contribution is 2.21. The van der Waals surface area contributed by atoms with Crippen LogP contribution in [0.15, 0.2) is 45.3 Å². The van der Waals surface area contributed by atoms with Crippen molar-refractivity contribution < 1.29 is 14.7 Å². The number of aromatic carboxylic acids is 1. The molecule has 0 saturated carbocycles. The summed E-state index contributed by atoms with van der Waals surface area (Å²) in [4.78, 5) is 54.6. The minimum absolute atomic E-state index is 0.0387. The Labute approximate surface area is 185 Å². The van der Waals surface area contributed by atoms with Crippen molar-refractivity contribution in [1.82, 2.24) is 18.9 Å². The molecule has 3 heterocycles. The van der Waals surface area contributed by atoms with Crippen LogP contribution < -0.4 is 16.4 Å². The fraction of sp³-hybridized carbons (Fsp3) is 0.190. The van der Waals surface area contributed by atoms with Crippen LogP contribution in [-0.4, -0.2) is 35.9 Å². The van der Waals surface area contributed by atoms with Gasteiger partial charge in [0.1, 0.15) is 22.9 Å². The van der Waals surface area contributed by atoms with Crippen molar-refractivity contribution in [3.8, 4) is 5.69 Å². The van der Waals surface area contributed by atoms with Gasteiger partial charge in [0.15, 0.2) is 0 Å². The average Bonchev–Trinajstić information content (AvgIpc) is 3.27. The van der Waals surface area contributed by atoms with E-state index in [2.05, 4.69) is 10.3 Å². The Kier molecular flexibility index (Phi) is 5.26. The maximum absolute atomic E-state index is 13.0. The fourth-order valence-corrected chi connectivity index (χ4v) is 4.45. The number of carboxylic acid groups (broad SMARTS) is 1. The van der Waals surface area contributed by atoms with E-state index in [0.717, 1.165) is 15.9 Å². The fourth-order valence-electron chi connectivity index (χ4n) is 3.50. The van der Waals surface area contributed by atoms with Gasteiger partial charge in [-0.25, -0.2) is 14.5 Å². The normalized spacial score (nSPS) is 11.1. The number of nitrogens with zero attached hydrogens (tertiary/aromatic N) is 4. The molecule has 11 heteroatoms. The lowest BCUT2D eigenvalue weighted by Gasteiger charge is -2.10. The highest BCUT2D eigenvalue weighted by Gasteiger charge is 2.21. The van der Waals surface area contributed by atoms with Gasteiger partial charge in [0.25, 0.3) is 11.1 Å². The predicted octanol–water partition coefficient (Wildman–Crippen LogP) is 1.90. The summed E-state index contributed by atoms with van der Waals surface area (Å²) in [5.74, 6) is -1.58. The zero-order valence-electron chi connectivity index (χ0n) is 17.4. The molecule has 1 aromatic carbocycles. The molecule has 0 aliphatic rings. The third-order valence-corrected chi connectivity index (χ3v) is 6.11. The van der Waals surface area contributed by atoms with E-state index in [9.17, 15) is 24.3 Å². The summed E-state index contributed by atoms with van der Waals surface area (Å²) >= 11 is 1.05. The SMILES string of the molecule is Cc1nc2scc(C(=O)O)c2c(=O)n1CC(=O)Nc1c(C)n(C)n(-c2ccccc2)c1=O. The van der Waals surface area contributed by atoms with E-state index >= 15 is 0 Å². The second-order valence-electron chi connectivity index (χ2n) is 7.17. The monoisotopic (exact) mass is 453 g/mol. The Bertz CT molecular complexity index is 1490. The van der Waals surface area contributed by atoms with Crippen LogP contribution >= 0.6 is 11.3 Å². The first-order valence-corrected chi connectivity index (χ1v) is 10.4. The lowest BCUT2D eigenvalue weighted by Crippen LogP contribution is -2.31. The molecule has 4 rings (SSSR count). The largest absolute Gasteiger partial charge is 0.478 e. The van der Waals surface area contributed by atoms with Crippen LogP contribution in [0.5, 0.6) is 0 Å². The van der Waals surface area contributed by atoms with Gasteiger partial charge in [0, 0.05) is 12.4 Å². The number of carbonyl (C=O) groups excluding carboxylic acids is 1. The molecule has 3 aromatic heterocycles. The quantitative estimate of drug-likeness (QED) is 0.475. The van der Waals surface area contributed by atoms with Crippen LogP contribution in [0, 0.1) is 13.8 Å². The van der Waals surface area contributed by atoms with Crippen molar-refractivity contribution in [2.24, 2.45) is 7.05 Å². The minimum Gasteiger partial charge on any atom is -0.478 e. The summed E-state index contributed by atoms with van der Waals surface area (Å²) in [6.07, 6.45) is 0. The molecule has 0 fully saturated rings. The standard InChI is InChI=1S/C21H19N5O5S/c1-11-17(20(29)26(24(11)3)13-7-5-4-6-8-13)23-15(27)9-25-12(2)22-18-16(19(25)28)14(10-32-18)21(30)31/h4-8,10H,9H2,1-3H3,(H,23,27)(H,30,31). The number of rotatable bonds is 5. The molecule has 2 N–H and O–H groups in total. The maximum atomic E-state index is 13.0. The number of anilines is 1. The number of carbonyl (C=O) groups is 2. The third-order valence-electron chi connectivity index (χ3n) is 5.24. The number of thiophene rings is 1. The number of benzene rings is 1. The second-order valence-corrected chi connectivity index (χ2v) is 8.03. The summed E-state index contributed by atoms with van der Waals surface area (Å²) in [5, 5.41) is 13.2. The number of aryl methyl sites for hydroxylation is 1. The van der Waals surface area contributed by atoms with E-state index in [1.54, 1.807) is 49.8 Å². The average molecular weight is 453 g/mol. The first kappa shape index (κ1) is 21.2. The van der Waals surface area contributed by atoms with Crippen LogP contribution in [0.3, 0.4) is 0 Å². The van der Waals surface area contributed by atoms with Gasteiger partial charge in [0.05, 0.1) is 22.3 Å². The van der Waals surface area contributed by atoms with E-state index in [1.165, 1.54) is 10.1 Å². The van der Waals surface area contributed by atoms with Crippen LogP contribution in [0.1, 0.15) is 21.9 Å². The van der Waals surface area contributed by atoms with Crippen molar-refractivity contribution in [3.63, 3.8) is 0 Å². The van der Waals surface area contributed by atoms with Crippen LogP contribution in [0.4, 0.5) is 5.69 Å². The molecule has 0 aliphatic heterocycles. The predicted molar refractivity (Wildman–Crippen MR) is 120 cm³/mol. The van der Waals surface area contributed by atoms with Crippen molar-refractivity contribution in [2.45, 2.75) is 20.4 Å². The molecule has 10 nitrogen and oxygen atoms in total. The lowest BCUT2D eigenvalue weighted by molar-refractivity contribution is -0.116. The molecular weight excluding hydrogens is 434 g/mol. The van der Waals surface area contributed by atoms with Gasteiger partial charge in [-0.1, -0.05) is 18.2 Å². The van der Waals surface area contributed by atoms with Crippen LogP contribution in [0.25, 0.3) is 15.9 Å². The van der Waals surface area contributed by atoms with E-state index in [4.69, 9.17) is 0 Å². The number of hydrogen-bond donors (Lipinski definition) is 2. The summed E-state index contributed by atoms with van der Waals surface area (Å²) in [5.41, 5.74) is 0.102. The number of para-hydroxylation sites is 1. The minimum atomic E-state index is -1.24. The van der Waals surface area contributed by atoms with Crippen LogP contribution in [0.2, 0.25) is 0 Å².